The lowest BCUT2D eigenvalue weighted by atomic mass is 9.93. The Morgan fingerprint density at radius 1 is 1.13 bits per heavy atom. The second-order valence-electron chi connectivity index (χ2n) is 9.91. The van der Waals surface area contributed by atoms with Crippen molar-refractivity contribution in [1.82, 2.24) is 25.1 Å². The van der Waals surface area contributed by atoms with E-state index in [2.05, 4.69) is 26.6 Å². The van der Waals surface area contributed by atoms with Crippen LogP contribution in [0.1, 0.15) is 52.1 Å². The molecule has 4 aromatic heterocycles. The van der Waals surface area contributed by atoms with Gasteiger partial charge in [-0.25, -0.2) is 9.37 Å². The Balaban J connectivity index is 1.49. The van der Waals surface area contributed by atoms with Gasteiger partial charge in [-0.2, -0.15) is 0 Å². The van der Waals surface area contributed by atoms with Crippen LogP contribution < -0.4 is 5.32 Å². The fourth-order valence-electron chi connectivity index (χ4n) is 5.80. The average molecular weight is 541 g/mol. The SMILES string of the molecule is CNc1nccc2sc(-c3c4c(nc(CCc5ccc(F)cc5)c3-c3nnc(C)o3)C3CCCN3C4=O)cc12. The average Bonchev–Trinajstić information content (AvgIpc) is 3.73. The second-order valence-corrected chi connectivity index (χ2v) is 11.0. The summed E-state index contributed by atoms with van der Waals surface area (Å²) in [4.78, 5) is 26.4. The Kier molecular flexibility index (Phi) is 5.66. The van der Waals surface area contributed by atoms with Crippen LogP contribution in [0.15, 0.2) is 47.0 Å². The molecule has 1 fully saturated rings. The number of amides is 1. The van der Waals surface area contributed by atoms with Gasteiger partial charge in [-0.15, -0.1) is 21.5 Å². The van der Waals surface area contributed by atoms with Crippen LogP contribution in [-0.4, -0.2) is 44.6 Å². The van der Waals surface area contributed by atoms with E-state index in [9.17, 15) is 9.18 Å². The molecule has 1 aromatic carbocycles. The number of halogens is 1. The number of nitrogens with zero attached hydrogens (tertiary/aromatic N) is 5. The second kappa shape index (κ2) is 9.23. The number of anilines is 1. The maximum atomic E-state index is 13.9. The summed E-state index contributed by atoms with van der Waals surface area (Å²) in [6, 6.07) is 10.6. The molecule has 2 aliphatic heterocycles. The molecule has 0 spiro atoms. The monoisotopic (exact) mass is 540 g/mol. The van der Waals surface area contributed by atoms with Crippen molar-refractivity contribution in [3.8, 4) is 21.9 Å². The van der Waals surface area contributed by atoms with Crippen molar-refractivity contribution < 1.29 is 13.6 Å². The van der Waals surface area contributed by atoms with Gasteiger partial charge in [-0.1, -0.05) is 12.1 Å². The van der Waals surface area contributed by atoms with Crippen molar-refractivity contribution in [3.05, 3.63) is 76.8 Å². The van der Waals surface area contributed by atoms with Crippen LogP contribution in [0, 0.1) is 12.7 Å². The first kappa shape index (κ1) is 23.9. The summed E-state index contributed by atoms with van der Waals surface area (Å²) in [5.74, 6) is 1.29. The first-order chi connectivity index (χ1) is 19.0. The number of benzene rings is 1. The lowest BCUT2D eigenvalue weighted by molar-refractivity contribution is 0.0776. The number of thiophene rings is 1. The number of carbonyl (C=O) groups excluding carboxylic acids is 1. The standard InChI is InChI=1S/C29H25FN6O2S/c1-15-34-35-28(38-15)23-19(10-7-16-5-8-17(30)9-6-16)33-26-20-4-3-13-36(20)29(37)25(26)24(23)22-14-18-21(39-22)11-12-32-27(18)31-2/h5-6,8-9,11-12,14,20H,3-4,7,10,13H2,1-2H3,(H,31,32). The van der Waals surface area contributed by atoms with Gasteiger partial charge in [0.25, 0.3) is 5.91 Å². The molecule has 2 aliphatic rings. The van der Waals surface area contributed by atoms with Gasteiger partial charge in [0, 0.05) is 47.2 Å². The molecule has 0 saturated carbocycles. The Morgan fingerprint density at radius 3 is 2.74 bits per heavy atom. The molecule has 196 valence electrons. The highest BCUT2D eigenvalue weighted by molar-refractivity contribution is 7.22. The van der Waals surface area contributed by atoms with Crippen LogP contribution in [0.3, 0.4) is 0 Å². The van der Waals surface area contributed by atoms with Crippen molar-refractivity contribution in [2.24, 2.45) is 0 Å². The van der Waals surface area contributed by atoms with E-state index < -0.39 is 0 Å². The van der Waals surface area contributed by atoms with E-state index in [1.165, 1.54) is 12.1 Å². The molecule has 10 heteroatoms. The van der Waals surface area contributed by atoms with Gasteiger partial charge >= 0.3 is 0 Å². The van der Waals surface area contributed by atoms with Gasteiger partial charge in [0.1, 0.15) is 11.6 Å². The lowest BCUT2D eigenvalue weighted by Crippen LogP contribution is -2.22. The highest BCUT2D eigenvalue weighted by Crippen LogP contribution is 2.50. The molecule has 7 rings (SSSR count). The van der Waals surface area contributed by atoms with E-state index in [-0.39, 0.29) is 17.8 Å². The number of aryl methyl sites for hydroxylation is 3. The number of carbonyl (C=O) groups is 1. The number of hydrogen-bond donors (Lipinski definition) is 1. The maximum Gasteiger partial charge on any atom is 0.257 e. The van der Waals surface area contributed by atoms with Gasteiger partial charge in [-0.3, -0.25) is 9.78 Å². The van der Waals surface area contributed by atoms with Gasteiger partial charge in [0.05, 0.1) is 28.6 Å². The quantitative estimate of drug-likeness (QED) is 0.283. The zero-order valence-corrected chi connectivity index (χ0v) is 22.3. The Hall–Kier alpha value is -4.18. The maximum absolute atomic E-state index is 13.9. The molecule has 6 heterocycles. The largest absolute Gasteiger partial charge is 0.421 e. The van der Waals surface area contributed by atoms with E-state index >= 15 is 0 Å². The number of aromatic nitrogens is 4. The zero-order valence-electron chi connectivity index (χ0n) is 21.5. The molecule has 1 amide bonds. The summed E-state index contributed by atoms with van der Waals surface area (Å²) in [7, 11) is 1.85. The number of nitrogens with one attached hydrogen (secondary N) is 1. The molecule has 1 atom stereocenters. The van der Waals surface area contributed by atoms with Crippen LogP contribution in [0.25, 0.3) is 32.0 Å². The first-order valence-corrected chi connectivity index (χ1v) is 13.8. The Bertz CT molecular complexity index is 1750. The third kappa shape index (κ3) is 3.89. The molecule has 0 radical (unpaired) electrons. The van der Waals surface area contributed by atoms with Crippen molar-refractivity contribution in [2.75, 3.05) is 18.9 Å². The highest BCUT2D eigenvalue weighted by atomic mass is 32.1. The molecule has 0 aliphatic carbocycles. The minimum absolute atomic E-state index is 0.00185. The van der Waals surface area contributed by atoms with Gasteiger partial charge in [0.15, 0.2) is 0 Å². The third-order valence-corrected chi connectivity index (χ3v) is 8.69. The number of pyridine rings is 2. The molecule has 1 unspecified atom stereocenters. The third-order valence-electron chi connectivity index (χ3n) is 7.58. The minimum Gasteiger partial charge on any atom is -0.421 e. The predicted molar refractivity (Wildman–Crippen MR) is 147 cm³/mol. The molecular weight excluding hydrogens is 515 g/mol. The highest BCUT2D eigenvalue weighted by Gasteiger charge is 2.44. The smallest absolute Gasteiger partial charge is 0.257 e. The van der Waals surface area contributed by atoms with Gasteiger partial charge < -0.3 is 14.6 Å². The molecular formula is C29H25FN6O2S. The zero-order chi connectivity index (χ0) is 26.7. The summed E-state index contributed by atoms with van der Waals surface area (Å²) in [6.45, 7) is 2.47. The van der Waals surface area contributed by atoms with Gasteiger partial charge in [0.2, 0.25) is 11.8 Å². The Labute approximate surface area is 227 Å². The normalized spacial score (nSPS) is 16.2. The fourth-order valence-corrected chi connectivity index (χ4v) is 6.92. The minimum atomic E-state index is -0.265. The van der Waals surface area contributed by atoms with Gasteiger partial charge in [-0.05, 0) is 55.5 Å². The van der Waals surface area contributed by atoms with Crippen LogP contribution in [0.4, 0.5) is 10.2 Å². The predicted octanol–water partition coefficient (Wildman–Crippen LogP) is 5.97. The van der Waals surface area contributed by atoms with E-state index in [0.717, 1.165) is 62.7 Å². The molecule has 0 bridgehead atoms. The molecule has 1 N–H and O–H groups in total. The number of rotatable bonds is 6. The van der Waals surface area contributed by atoms with E-state index in [1.54, 1.807) is 36.6 Å². The number of hydrogen-bond acceptors (Lipinski definition) is 8. The summed E-state index contributed by atoms with van der Waals surface area (Å²) in [5.41, 5.74) is 4.73. The molecule has 8 nitrogen and oxygen atoms in total. The molecule has 5 aromatic rings. The molecule has 39 heavy (non-hydrogen) atoms. The summed E-state index contributed by atoms with van der Waals surface area (Å²) in [6.07, 6.45) is 4.85. The molecule has 1 saturated heterocycles. The van der Waals surface area contributed by atoms with E-state index in [0.29, 0.717) is 35.7 Å². The fraction of sp³-hybridized carbons (Fsp3) is 0.276. The first-order valence-electron chi connectivity index (χ1n) is 13.0. The number of fused-ring (bicyclic) bond motifs is 4. The van der Waals surface area contributed by atoms with Crippen LogP contribution in [-0.2, 0) is 12.8 Å². The van der Waals surface area contributed by atoms with Crippen molar-refractivity contribution in [3.63, 3.8) is 0 Å². The lowest BCUT2D eigenvalue weighted by Gasteiger charge is -2.16. The Morgan fingerprint density at radius 2 is 1.97 bits per heavy atom. The van der Waals surface area contributed by atoms with Crippen molar-refractivity contribution in [1.29, 1.82) is 0 Å². The summed E-state index contributed by atoms with van der Waals surface area (Å²) in [5, 5.41) is 12.7. The topological polar surface area (TPSA) is 97.0 Å². The van der Waals surface area contributed by atoms with E-state index in [4.69, 9.17) is 9.40 Å². The summed E-state index contributed by atoms with van der Waals surface area (Å²) >= 11 is 1.61. The summed E-state index contributed by atoms with van der Waals surface area (Å²) < 4.78 is 20.6. The van der Waals surface area contributed by atoms with Crippen LogP contribution in [0.2, 0.25) is 0 Å². The van der Waals surface area contributed by atoms with Crippen molar-refractivity contribution >= 4 is 33.1 Å². The van der Waals surface area contributed by atoms with E-state index in [1.807, 2.05) is 18.0 Å². The van der Waals surface area contributed by atoms with Crippen molar-refractivity contribution in [2.45, 2.75) is 38.6 Å². The van der Waals surface area contributed by atoms with Crippen LogP contribution >= 0.6 is 11.3 Å². The van der Waals surface area contributed by atoms with Crippen LogP contribution in [0.5, 0.6) is 0 Å².